The molecule has 0 fully saturated rings. The molecule has 2 nitrogen and oxygen atoms in total. The molecule has 0 saturated heterocycles. The van der Waals surface area contributed by atoms with Crippen molar-refractivity contribution in [3.05, 3.63) is 58.9 Å². The van der Waals surface area contributed by atoms with E-state index in [4.69, 9.17) is 5.26 Å². The Morgan fingerprint density at radius 2 is 1.89 bits per heavy atom. The van der Waals surface area contributed by atoms with E-state index in [0.29, 0.717) is 6.42 Å². The highest BCUT2D eigenvalue weighted by Crippen LogP contribution is 2.16. The summed E-state index contributed by atoms with van der Waals surface area (Å²) >= 11 is 0. The lowest BCUT2D eigenvalue weighted by Gasteiger charge is -2.09. The maximum Gasteiger partial charge on any atom is 0.0670 e. The van der Waals surface area contributed by atoms with Gasteiger partial charge >= 0.3 is 0 Å². The quantitative estimate of drug-likeness (QED) is 0.802. The Balaban J connectivity index is 2.13. The average Bonchev–Trinajstić information content (AvgIpc) is 2.64. The van der Waals surface area contributed by atoms with Gasteiger partial charge in [0.05, 0.1) is 12.5 Å². The Morgan fingerprint density at radius 1 is 1.17 bits per heavy atom. The van der Waals surface area contributed by atoms with Crippen molar-refractivity contribution < 1.29 is 0 Å². The molecule has 0 aliphatic heterocycles. The van der Waals surface area contributed by atoms with E-state index in [1.807, 2.05) is 6.07 Å². The molecule has 2 heteroatoms. The largest absolute Gasteiger partial charge is 0.349 e. The number of benzene rings is 1. The number of rotatable bonds is 4. The summed E-state index contributed by atoms with van der Waals surface area (Å²) in [6.07, 6.45) is 1.54. The maximum atomic E-state index is 8.79. The van der Waals surface area contributed by atoms with Crippen LogP contribution in [0, 0.1) is 25.2 Å². The number of hydrogen-bond acceptors (Lipinski definition) is 1. The van der Waals surface area contributed by atoms with Crippen LogP contribution >= 0.6 is 0 Å². The van der Waals surface area contributed by atoms with Gasteiger partial charge in [0.1, 0.15) is 0 Å². The summed E-state index contributed by atoms with van der Waals surface area (Å²) in [7, 11) is 0. The first-order valence-electron chi connectivity index (χ1n) is 6.29. The van der Waals surface area contributed by atoms with Crippen molar-refractivity contribution in [3.8, 4) is 6.07 Å². The maximum absolute atomic E-state index is 8.79. The van der Waals surface area contributed by atoms with Crippen molar-refractivity contribution in [2.45, 2.75) is 33.2 Å². The topological polar surface area (TPSA) is 28.7 Å². The predicted molar refractivity (Wildman–Crippen MR) is 73.4 cm³/mol. The second-order valence-corrected chi connectivity index (χ2v) is 4.62. The molecule has 0 aliphatic rings. The third-order valence-corrected chi connectivity index (χ3v) is 3.41. The van der Waals surface area contributed by atoms with Crippen molar-refractivity contribution in [1.29, 1.82) is 5.26 Å². The standard InChI is InChI=1S/C16H18N2/c1-13-12-16(8-10-17)14(2)18(13)11-9-15-6-4-3-5-7-15/h3-7,12H,8-9,11H2,1-2H3. The first-order valence-corrected chi connectivity index (χ1v) is 6.29. The van der Waals surface area contributed by atoms with E-state index in [9.17, 15) is 0 Å². The summed E-state index contributed by atoms with van der Waals surface area (Å²) < 4.78 is 2.31. The van der Waals surface area contributed by atoms with Gasteiger partial charge in [-0.3, -0.25) is 0 Å². The normalized spacial score (nSPS) is 10.3. The van der Waals surface area contributed by atoms with Crippen LogP contribution in [-0.2, 0) is 19.4 Å². The molecular formula is C16H18N2. The van der Waals surface area contributed by atoms with Crippen molar-refractivity contribution in [2.75, 3.05) is 0 Å². The van der Waals surface area contributed by atoms with Crippen LogP contribution in [0.1, 0.15) is 22.5 Å². The Kier molecular flexibility index (Phi) is 3.84. The minimum Gasteiger partial charge on any atom is -0.349 e. The van der Waals surface area contributed by atoms with Crippen LogP contribution in [0.5, 0.6) is 0 Å². The van der Waals surface area contributed by atoms with E-state index in [1.165, 1.54) is 17.0 Å². The van der Waals surface area contributed by atoms with Crippen molar-refractivity contribution in [2.24, 2.45) is 0 Å². The van der Waals surface area contributed by atoms with Crippen molar-refractivity contribution >= 4 is 0 Å². The van der Waals surface area contributed by atoms with E-state index in [-0.39, 0.29) is 0 Å². The lowest BCUT2D eigenvalue weighted by atomic mass is 10.1. The van der Waals surface area contributed by atoms with Crippen LogP contribution in [0.4, 0.5) is 0 Å². The average molecular weight is 238 g/mol. The fourth-order valence-electron chi connectivity index (χ4n) is 2.37. The molecule has 0 radical (unpaired) electrons. The lowest BCUT2D eigenvalue weighted by Crippen LogP contribution is -2.05. The first-order chi connectivity index (χ1) is 8.72. The van der Waals surface area contributed by atoms with Crippen LogP contribution in [-0.4, -0.2) is 4.57 Å². The molecule has 2 aromatic rings. The molecule has 0 saturated carbocycles. The highest BCUT2D eigenvalue weighted by atomic mass is 15.0. The summed E-state index contributed by atoms with van der Waals surface area (Å²) in [5.41, 5.74) is 4.98. The van der Waals surface area contributed by atoms with Gasteiger partial charge in [0.15, 0.2) is 0 Å². The van der Waals surface area contributed by atoms with Gasteiger partial charge < -0.3 is 4.57 Å². The van der Waals surface area contributed by atoms with Crippen LogP contribution < -0.4 is 0 Å². The fourth-order valence-corrected chi connectivity index (χ4v) is 2.37. The van der Waals surface area contributed by atoms with Crippen molar-refractivity contribution in [1.82, 2.24) is 4.57 Å². The van der Waals surface area contributed by atoms with Crippen LogP contribution in [0.3, 0.4) is 0 Å². The Morgan fingerprint density at radius 3 is 2.56 bits per heavy atom. The lowest BCUT2D eigenvalue weighted by molar-refractivity contribution is 0.662. The SMILES string of the molecule is Cc1cc(CC#N)c(C)n1CCc1ccccc1. The zero-order valence-corrected chi connectivity index (χ0v) is 11.0. The van der Waals surface area contributed by atoms with Gasteiger partial charge in [-0.25, -0.2) is 0 Å². The summed E-state index contributed by atoms with van der Waals surface area (Å²) in [5.74, 6) is 0. The van der Waals surface area contributed by atoms with Gasteiger partial charge in [0.25, 0.3) is 0 Å². The fraction of sp³-hybridized carbons (Fsp3) is 0.312. The molecule has 0 aliphatic carbocycles. The van der Waals surface area contributed by atoms with Gasteiger partial charge in [-0.05, 0) is 37.5 Å². The van der Waals surface area contributed by atoms with Gasteiger partial charge in [-0.15, -0.1) is 0 Å². The van der Waals surface area contributed by atoms with Gasteiger partial charge in [0, 0.05) is 17.9 Å². The van der Waals surface area contributed by atoms with Crippen molar-refractivity contribution in [3.63, 3.8) is 0 Å². The van der Waals surface area contributed by atoms with Crippen LogP contribution in [0.15, 0.2) is 36.4 Å². The number of nitriles is 1. The Hall–Kier alpha value is -2.01. The number of aromatic nitrogens is 1. The second-order valence-electron chi connectivity index (χ2n) is 4.62. The molecule has 0 unspecified atom stereocenters. The molecule has 1 heterocycles. The predicted octanol–water partition coefficient (Wildman–Crippen LogP) is 3.41. The van der Waals surface area contributed by atoms with Gasteiger partial charge in [-0.2, -0.15) is 5.26 Å². The highest BCUT2D eigenvalue weighted by molar-refractivity contribution is 5.29. The molecule has 1 aromatic heterocycles. The van der Waals surface area contributed by atoms with E-state index in [0.717, 1.165) is 18.5 Å². The zero-order valence-electron chi connectivity index (χ0n) is 11.0. The molecule has 0 atom stereocenters. The van der Waals surface area contributed by atoms with Gasteiger partial charge in [0.2, 0.25) is 0 Å². The third kappa shape index (κ3) is 2.62. The third-order valence-electron chi connectivity index (χ3n) is 3.41. The minimum atomic E-state index is 0.505. The molecule has 92 valence electrons. The highest BCUT2D eigenvalue weighted by Gasteiger charge is 2.08. The summed E-state index contributed by atoms with van der Waals surface area (Å²) in [4.78, 5) is 0. The summed E-state index contributed by atoms with van der Waals surface area (Å²) in [6.45, 7) is 5.19. The molecule has 0 spiro atoms. The zero-order chi connectivity index (χ0) is 13.0. The van der Waals surface area contributed by atoms with E-state index in [1.54, 1.807) is 0 Å². The molecular weight excluding hydrogens is 220 g/mol. The van der Waals surface area contributed by atoms with E-state index >= 15 is 0 Å². The number of hydrogen-bond donors (Lipinski definition) is 0. The summed E-state index contributed by atoms with van der Waals surface area (Å²) in [6, 6.07) is 14.9. The summed E-state index contributed by atoms with van der Waals surface area (Å²) in [5, 5.41) is 8.79. The second kappa shape index (κ2) is 5.55. The van der Waals surface area contributed by atoms with E-state index in [2.05, 4.69) is 54.8 Å². The molecule has 2 rings (SSSR count). The molecule has 18 heavy (non-hydrogen) atoms. The molecule has 0 amide bonds. The first kappa shape index (κ1) is 12.4. The number of aryl methyl sites for hydroxylation is 2. The molecule has 0 N–H and O–H groups in total. The van der Waals surface area contributed by atoms with Crippen LogP contribution in [0.25, 0.3) is 0 Å². The van der Waals surface area contributed by atoms with E-state index < -0.39 is 0 Å². The van der Waals surface area contributed by atoms with Gasteiger partial charge in [-0.1, -0.05) is 30.3 Å². The Labute approximate surface area is 108 Å². The Bertz CT molecular complexity index is 559. The number of nitrogens with zero attached hydrogens (tertiary/aromatic N) is 2. The van der Waals surface area contributed by atoms with Crippen LogP contribution in [0.2, 0.25) is 0 Å². The monoisotopic (exact) mass is 238 g/mol. The molecule has 0 bridgehead atoms. The minimum absolute atomic E-state index is 0.505. The molecule has 1 aromatic carbocycles. The smallest absolute Gasteiger partial charge is 0.0670 e.